The van der Waals surface area contributed by atoms with Gasteiger partial charge in [0.05, 0.1) is 36.8 Å². The smallest absolute Gasteiger partial charge is 0.327 e. The number of halogens is 2. The molecule has 2 aromatic heterocycles. The fraction of sp³-hybridized carbons (Fsp3) is 0.393. The Morgan fingerprint density at radius 2 is 1.83 bits per heavy atom. The van der Waals surface area contributed by atoms with Gasteiger partial charge in [0.15, 0.2) is 5.82 Å². The summed E-state index contributed by atoms with van der Waals surface area (Å²) in [6.45, 7) is 7.50. The number of morpholine rings is 1. The van der Waals surface area contributed by atoms with E-state index < -0.39 is 33.4 Å². The van der Waals surface area contributed by atoms with E-state index in [2.05, 4.69) is 14.9 Å². The molecular formula is C28H31Cl2N5O5S. The fourth-order valence-electron chi connectivity index (χ4n) is 4.74. The van der Waals surface area contributed by atoms with Gasteiger partial charge in [0, 0.05) is 41.2 Å². The van der Waals surface area contributed by atoms with Crippen LogP contribution in [0.4, 0.5) is 11.5 Å². The van der Waals surface area contributed by atoms with Crippen molar-refractivity contribution in [1.82, 2.24) is 14.5 Å². The third-order valence-corrected chi connectivity index (χ3v) is 9.11. The van der Waals surface area contributed by atoms with Crippen molar-refractivity contribution in [3.8, 4) is 5.82 Å². The number of fused-ring (bicyclic) bond motifs is 1. The summed E-state index contributed by atoms with van der Waals surface area (Å²) in [5.41, 5.74) is 0.319. The molecule has 5 rings (SSSR count). The lowest BCUT2D eigenvalue weighted by atomic mass is 10.2. The average molecular weight is 621 g/mol. The number of nitrogens with zero attached hydrogens (tertiary/aromatic N) is 5. The first-order valence-corrected chi connectivity index (χ1v) is 15.4. The Morgan fingerprint density at radius 3 is 2.49 bits per heavy atom. The van der Waals surface area contributed by atoms with Gasteiger partial charge in [-0.3, -0.25) is 13.7 Å². The van der Waals surface area contributed by atoms with Crippen LogP contribution in [-0.4, -0.2) is 72.6 Å². The van der Waals surface area contributed by atoms with Gasteiger partial charge in [-0.15, -0.1) is 0 Å². The molecule has 1 aromatic carbocycles. The van der Waals surface area contributed by atoms with Crippen molar-refractivity contribution in [1.29, 1.82) is 0 Å². The Bertz CT molecular complexity index is 1610. The number of carbonyl (C=O) groups is 1. The van der Waals surface area contributed by atoms with Crippen LogP contribution >= 0.6 is 23.2 Å². The first-order valence-electron chi connectivity index (χ1n) is 13.1. The Morgan fingerprint density at radius 1 is 1.12 bits per heavy atom. The minimum atomic E-state index is -4.12. The molecule has 1 unspecified atom stereocenters. The summed E-state index contributed by atoms with van der Waals surface area (Å²) in [7, 11) is -4.12. The minimum absolute atomic E-state index is 0.0443. The molecule has 1 aliphatic carbocycles. The molecule has 218 valence electrons. The van der Waals surface area contributed by atoms with Gasteiger partial charge in [0.2, 0.25) is 10.0 Å². The first-order chi connectivity index (χ1) is 19.4. The number of rotatable bonds is 7. The zero-order valence-corrected chi connectivity index (χ0v) is 25.3. The Labute approximate surface area is 249 Å². The molecule has 1 saturated heterocycles. The number of aromatic nitrogens is 3. The molecule has 0 bridgehead atoms. The molecule has 41 heavy (non-hydrogen) atoms. The van der Waals surface area contributed by atoms with Crippen molar-refractivity contribution < 1.29 is 22.7 Å². The maximum Gasteiger partial charge on any atom is 0.327 e. The van der Waals surface area contributed by atoms with Crippen molar-refractivity contribution in [2.75, 3.05) is 42.1 Å². The standard InChI is InChI=1S/C28H31Cl2N5O5S/c1-28(2,3)40-27(36)18-35(41(37,38)23-14-20(29)13-21(30)15-23)22-4-5-24-19(12-22)6-7-34(24)26-17-31-25(16-32-26)33-8-10-39-11-9-33/h4-7,12-14,16-17,23H,8-11,15,18H2,1-3H3. The van der Waals surface area contributed by atoms with E-state index in [0.717, 1.165) is 34.1 Å². The highest BCUT2D eigenvalue weighted by Gasteiger charge is 2.35. The third kappa shape index (κ3) is 6.69. The second-order valence-corrected chi connectivity index (χ2v) is 13.8. The molecule has 0 spiro atoms. The van der Waals surface area contributed by atoms with Gasteiger partial charge in [-0.25, -0.2) is 18.4 Å². The minimum Gasteiger partial charge on any atom is -0.459 e. The van der Waals surface area contributed by atoms with Crippen LogP contribution in [0.2, 0.25) is 0 Å². The number of anilines is 2. The summed E-state index contributed by atoms with van der Waals surface area (Å²) >= 11 is 12.3. The van der Waals surface area contributed by atoms with Gasteiger partial charge < -0.3 is 14.4 Å². The molecule has 10 nitrogen and oxygen atoms in total. The monoisotopic (exact) mass is 619 g/mol. The van der Waals surface area contributed by atoms with Gasteiger partial charge in [-0.05, 0) is 57.2 Å². The largest absolute Gasteiger partial charge is 0.459 e. The van der Waals surface area contributed by atoms with E-state index in [0.29, 0.717) is 29.8 Å². The molecule has 1 aliphatic heterocycles. The van der Waals surface area contributed by atoms with E-state index in [4.69, 9.17) is 32.7 Å². The van der Waals surface area contributed by atoms with Crippen LogP contribution in [0.3, 0.4) is 0 Å². The SMILES string of the molecule is CC(C)(C)OC(=O)CN(c1ccc2c(ccn2-c2cnc(N3CCOCC3)cn2)c1)S(=O)(=O)C1C=C(Cl)C=C(Cl)C1. The number of hydrogen-bond donors (Lipinski definition) is 0. The molecule has 3 aromatic rings. The fourth-order valence-corrected chi connectivity index (χ4v) is 7.26. The lowest BCUT2D eigenvalue weighted by Gasteiger charge is -2.30. The maximum atomic E-state index is 13.9. The number of esters is 1. The van der Waals surface area contributed by atoms with Crippen molar-refractivity contribution in [3.05, 3.63) is 65.1 Å². The molecule has 13 heteroatoms. The molecule has 0 N–H and O–H groups in total. The van der Waals surface area contributed by atoms with Crippen LogP contribution in [0.15, 0.2) is 65.1 Å². The number of carbonyl (C=O) groups excluding carboxylic acids is 1. The molecule has 3 heterocycles. The number of hydrogen-bond acceptors (Lipinski definition) is 8. The molecule has 1 atom stereocenters. The highest BCUT2D eigenvalue weighted by atomic mass is 35.5. The summed E-state index contributed by atoms with van der Waals surface area (Å²) in [6.07, 6.45) is 8.26. The van der Waals surface area contributed by atoms with Crippen molar-refractivity contribution in [3.63, 3.8) is 0 Å². The van der Waals surface area contributed by atoms with E-state index >= 15 is 0 Å². The van der Waals surface area contributed by atoms with Gasteiger partial charge in [0.25, 0.3) is 0 Å². The van der Waals surface area contributed by atoms with Crippen LogP contribution in [0.5, 0.6) is 0 Å². The predicted molar refractivity (Wildman–Crippen MR) is 160 cm³/mol. The summed E-state index contributed by atoms with van der Waals surface area (Å²) in [5.74, 6) is 0.721. The third-order valence-electron chi connectivity index (χ3n) is 6.59. The maximum absolute atomic E-state index is 13.9. The van der Waals surface area contributed by atoms with E-state index in [1.54, 1.807) is 51.4 Å². The van der Waals surface area contributed by atoms with Crippen LogP contribution < -0.4 is 9.21 Å². The van der Waals surface area contributed by atoms with E-state index in [1.165, 1.54) is 12.2 Å². The zero-order valence-electron chi connectivity index (χ0n) is 23.0. The number of ether oxygens (including phenoxy) is 2. The first kappa shape index (κ1) is 29.4. The second-order valence-electron chi connectivity index (χ2n) is 10.8. The van der Waals surface area contributed by atoms with Crippen LogP contribution in [0, 0.1) is 0 Å². The summed E-state index contributed by atoms with van der Waals surface area (Å²) < 4.78 is 41.6. The van der Waals surface area contributed by atoms with E-state index in [-0.39, 0.29) is 11.5 Å². The second kappa shape index (κ2) is 11.6. The topological polar surface area (TPSA) is 107 Å². The highest BCUT2D eigenvalue weighted by Crippen LogP contribution is 2.33. The van der Waals surface area contributed by atoms with Crippen molar-refractivity contribution >= 4 is 61.6 Å². The van der Waals surface area contributed by atoms with E-state index in [9.17, 15) is 13.2 Å². The average Bonchev–Trinajstić information content (AvgIpc) is 3.34. The summed E-state index contributed by atoms with van der Waals surface area (Å²) in [5, 5.41) is 0.244. The normalized spacial score (nSPS) is 18.2. The van der Waals surface area contributed by atoms with Crippen molar-refractivity contribution in [2.24, 2.45) is 0 Å². The lowest BCUT2D eigenvalue weighted by Crippen LogP contribution is -2.43. The number of allylic oxidation sites excluding steroid dienone is 3. The predicted octanol–water partition coefficient (Wildman–Crippen LogP) is 4.75. The number of sulfonamides is 1. The van der Waals surface area contributed by atoms with E-state index in [1.807, 2.05) is 16.8 Å². The Kier molecular flexibility index (Phi) is 8.34. The van der Waals surface area contributed by atoms with Gasteiger partial charge >= 0.3 is 5.97 Å². The summed E-state index contributed by atoms with van der Waals surface area (Å²) in [4.78, 5) is 24.2. The quantitative estimate of drug-likeness (QED) is 0.349. The molecule has 2 aliphatic rings. The molecule has 0 radical (unpaired) electrons. The lowest BCUT2D eigenvalue weighted by molar-refractivity contribution is -0.152. The van der Waals surface area contributed by atoms with Gasteiger partial charge in [-0.1, -0.05) is 23.2 Å². The van der Waals surface area contributed by atoms with Crippen LogP contribution in [0.1, 0.15) is 27.2 Å². The molecule has 0 amide bonds. The van der Waals surface area contributed by atoms with Gasteiger partial charge in [0.1, 0.15) is 23.2 Å². The molecule has 0 saturated carbocycles. The van der Waals surface area contributed by atoms with Crippen molar-refractivity contribution in [2.45, 2.75) is 38.0 Å². The summed E-state index contributed by atoms with van der Waals surface area (Å²) in [6, 6.07) is 7.01. The Balaban J connectivity index is 1.47. The molecule has 1 fully saturated rings. The molecular weight excluding hydrogens is 589 g/mol. The van der Waals surface area contributed by atoms with Crippen LogP contribution in [0.25, 0.3) is 16.7 Å². The highest BCUT2D eigenvalue weighted by molar-refractivity contribution is 7.93. The van der Waals surface area contributed by atoms with Gasteiger partial charge in [-0.2, -0.15) is 0 Å². The number of benzene rings is 1. The Hall–Kier alpha value is -3.12. The zero-order chi connectivity index (χ0) is 29.4. The van der Waals surface area contributed by atoms with Crippen LogP contribution in [-0.2, 0) is 24.3 Å².